The van der Waals surface area contributed by atoms with Crippen molar-refractivity contribution in [3.05, 3.63) is 69.9 Å². The summed E-state index contributed by atoms with van der Waals surface area (Å²) in [7, 11) is 4.62. The van der Waals surface area contributed by atoms with Crippen molar-refractivity contribution < 1.29 is 23.8 Å². The smallest absolute Gasteiger partial charge is 0.268 e. The highest BCUT2D eigenvalue weighted by atomic mass is 32.1. The minimum absolute atomic E-state index is 0.0190. The minimum Gasteiger partial charge on any atom is -0.493 e. The third-order valence-electron chi connectivity index (χ3n) is 5.34. The number of carbonyl (C=O) groups is 2. The van der Waals surface area contributed by atoms with E-state index in [0.29, 0.717) is 34.4 Å². The van der Waals surface area contributed by atoms with Gasteiger partial charge in [0.2, 0.25) is 11.7 Å². The molecule has 4 rings (SSSR count). The van der Waals surface area contributed by atoms with E-state index < -0.39 is 0 Å². The first-order chi connectivity index (χ1) is 16.0. The molecule has 0 atom stereocenters. The Labute approximate surface area is 196 Å². The van der Waals surface area contributed by atoms with Crippen LogP contribution < -0.4 is 24.4 Å². The molecule has 1 aliphatic heterocycles. The van der Waals surface area contributed by atoms with E-state index in [0.717, 1.165) is 23.2 Å². The Morgan fingerprint density at radius 1 is 1.03 bits per heavy atom. The van der Waals surface area contributed by atoms with Crippen LogP contribution in [0.3, 0.4) is 0 Å². The van der Waals surface area contributed by atoms with Crippen molar-refractivity contribution in [1.82, 2.24) is 0 Å². The quantitative estimate of drug-likeness (QED) is 0.516. The second-order valence-corrected chi connectivity index (χ2v) is 8.26. The van der Waals surface area contributed by atoms with Crippen LogP contribution in [0.25, 0.3) is 6.08 Å². The Balaban J connectivity index is 1.49. The molecular weight excluding hydrogens is 440 g/mol. The predicted octanol–water partition coefficient (Wildman–Crippen LogP) is 4.63. The van der Waals surface area contributed by atoms with Crippen LogP contribution in [-0.2, 0) is 11.2 Å². The molecule has 0 aliphatic carbocycles. The highest BCUT2D eigenvalue weighted by Gasteiger charge is 2.26. The maximum Gasteiger partial charge on any atom is 0.268 e. The van der Waals surface area contributed by atoms with Gasteiger partial charge in [-0.25, -0.2) is 0 Å². The monoisotopic (exact) mass is 464 g/mol. The number of methoxy groups -OCH3 is 3. The molecule has 1 N–H and O–H groups in total. The Bertz CT molecular complexity index is 1180. The molecule has 2 amide bonds. The highest BCUT2D eigenvalue weighted by Crippen LogP contribution is 2.38. The van der Waals surface area contributed by atoms with Crippen molar-refractivity contribution in [2.24, 2.45) is 0 Å². The van der Waals surface area contributed by atoms with Crippen LogP contribution >= 0.6 is 11.3 Å². The number of nitrogens with zero attached hydrogens (tertiary/aromatic N) is 1. The third kappa shape index (κ3) is 4.70. The molecule has 0 saturated carbocycles. The molecule has 2 heterocycles. The molecule has 8 heteroatoms. The number of carbonyl (C=O) groups excluding carboxylic acids is 2. The average Bonchev–Trinajstić information content (AvgIpc) is 3.51. The molecule has 33 heavy (non-hydrogen) atoms. The molecule has 0 fully saturated rings. The molecule has 7 nitrogen and oxygen atoms in total. The van der Waals surface area contributed by atoms with Gasteiger partial charge in [-0.1, -0.05) is 12.1 Å². The van der Waals surface area contributed by atoms with Crippen molar-refractivity contribution in [3.63, 3.8) is 0 Å². The fourth-order valence-electron chi connectivity index (χ4n) is 3.75. The van der Waals surface area contributed by atoms with Crippen LogP contribution in [0.5, 0.6) is 17.2 Å². The van der Waals surface area contributed by atoms with E-state index in [-0.39, 0.29) is 11.8 Å². The first-order valence-corrected chi connectivity index (χ1v) is 11.2. The number of nitrogens with one attached hydrogen (secondary N) is 1. The zero-order valence-corrected chi connectivity index (χ0v) is 19.4. The van der Waals surface area contributed by atoms with Gasteiger partial charge < -0.3 is 24.4 Å². The largest absolute Gasteiger partial charge is 0.493 e. The van der Waals surface area contributed by atoms with E-state index in [4.69, 9.17) is 14.2 Å². The van der Waals surface area contributed by atoms with Crippen LogP contribution in [0.2, 0.25) is 0 Å². The van der Waals surface area contributed by atoms with Gasteiger partial charge in [-0.15, -0.1) is 11.3 Å². The van der Waals surface area contributed by atoms with Crippen LogP contribution in [0.1, 0.15) is 20.8 Å². The number of rotatable bonds is 7. The molecule has 1 aromatic heterocycles. The molecule has 0 radical (unpaired) electrons. The molecule has 0 bridgehead atoms. The topological polar surface area (TPSA) is 77.1 Å². The second kappa shape index (κ2) is 9.79. The van der Waals surface area contributed by atoms with Crippen molar-refractivity contribution in [2.75, 3.05) is 38.1 Å². The summed E-state index contributed by atoms with van der Waals surface area (Å²) in [6.45, 7) is 0.629. The number of amides is 2. The van der Waals surface area contributed by atoms with Gasteiger partial charge in [0, 0.05) is 24.0 Å². The van der Waals surface area contributed by atoms with Gasteiger partial charge in [-0.2, -0.15) is 0 Å². The van der Waals surface area contributed by atoms with Gasteiger partial charge in [0.15, 0.2) is 11.5 Å². The Kier molecular flexibility index (Phi) is 6.65. The summed E-state index contributed by atoms with van der Waals surface area (Å²) in [6, 6.07) is 12.9. The second-order valence-electron chi connectivity index (χ2n) is 7.31. The number of hydrogen-bond acceptors (Lipinski definition) is 6. The maximum atomic E-state index is 12.8. The first kappa shape index (κ1) is 22.4. The number of thiophene rings is 1. The summed E-state index contributed by atoms with van der Waals surface area (Å²) in [5.41, 5.74) is 3.27. The molecule has 0 unspecified atom stereocenters. The summed E-state index contributed by atoms with van der Waals surface area (Å²) in [4.78, 5) is 27.8. The van der Waals surface area contributed by atoms with Crippen molar-refractivity contribution in [1.29, 1.82) is 0 Å². The maximum absolute atomic E-state index is 12.8. The fraction of sp³-hybridized carbons (Fsp3) is 0.200. The van der Waals surface area contributed by atoms with E-state index in [1.807, 2.05) is 35.7 Å². The minimum atomic E-state index is -0.294. The molecule has 0 saturated heterocycles. The predicted molar refractivity (Wildman–Crippen MR) is 130 cm³/mol. The van der Waals surface area contributed by atoms with Gasteiger partial charge in [0.25, 0.3) is 5.91 Å². The molecule has 0 spiro atoms. The summed E-state index contributed by atoms with van der Waals surface area (Å²) in [5, 5.41) is 4.76. The lowest BCUT2D eigenvalue weighted by Crippen LogP contribution is -2.28. The van der Waals surface area contributed by atoms with E-state index in [1.165, 1.54) is 38.7 Å². The lowest BCUT2D eigenvalue weighted by atomic mass is 10.1. The van der Waals surface area contributed by atoms with Gasteiger partial charge in [0.05, 0.1) is 26.2 Å². The zero-order valence-electron chi connectivity index (χ0n) is 18.6. The van der Waals surface area contributed by atoms with Crippen LogP contribution in [0.4, 0.5) is 11.4 Å². The standard InChI is InChI=1S/C25H24N2O5S/c1-30-20-13-16(14-21(31-2)24(20)32-3)6-9-23(28)26-18-8-7-17-10-11-27(19(17)15-18)25(29)22-5-4-12-33-22/h4-9,12-15H,10-11H2,1-3H3,(H,26,28)/b9-6+. The number of fused-ring (bicyclic) bond motifs is 1. The number of ether oxygens (including phenoxy) is 3. The summed E-state index contributed by atoms with van der Waals surface area (Å²) in [5.74, 6) is 1.19. The average molecular weight is 465 g/mol. The summed E-state index contributed by atoms with van der Waals surface area (Å²) >= 11 is 1.42. The van der Waals surface area contributed by atoms with Crippen molar-refractivity contribution in [2.45, 2.75) is 6.42 Å². The zero-order chi connectivity index (χ0) is 23.4. The molecule has 3 aromatic rings. The molecule has 1 aliphatic rings. The van der Waals surface area contributed by atoms with E-state index in [2.05, 4.69) is 5.32 Å². The Morgan fingerprint density at radius 3 is 2.42 bits per heavy atom. The van der Waals surface area contributed by atoms with Gasteiger partial charge in [-0.05, 0) is 59.3 Å². The first-order valence-electron chi connectivity index (χ1n) is 10.3. The van der Waals surface area contributed by atoms with E-state index in [1.54, 1.807) is 23.1 Å². The van der Waals surface area contributed by atoms with Crippen LogP contribution in [0.15, 0.2) is 53.9 Å². The molecule has 2 aromatic carbocycles. The number of benzene rings is 2. The summed E-state index contributed by atoms with van der Waals surface area (Å²) < 4.78 is 16.0. The molecule has 170 valence electrons. The van der Waals surface area contributed by atoms with Crippen LogP contribution in [-0.4, -0.2) is 39.7 Å². The SMILES string of the molecule is COc1cc(/C=C/C(=O)Nc2ccc3c(c2)N(C(=O)c2cccs2)CC3)cc(OC)c1OC. The van der Waals surface area contributed by atoms with E-state index in [9.17, 15) is 9.59 Å². The third-order valence-corrected chi connectivity index (χ3v) is 6.20. The van der Waals surface area contributed by atoms with Crippen LogP contribution in [0, 0.1) is 0 Å². The normalized spacial score (nSPS) is 12.5. The lowest BCUT2D eigenvalue weighted by molar-refractivity contribution is -0.111. The van der Waals surface area contributed by atoms with Gasteiger partial charge in [-0.3, -0.25) is 9.59 Å². The van der Waals surface area contributed by atoms with Gasteiger partial charge in [0.1, 0.15) is 0 Å². The highest BCUT2D eigenvalue weighted by molar-refractivity contribution is 7.12. The Morgan fingerprint density at radius 2 is 1.79 bits per heavy atom. The Hall–Kier alpha value is -3.78. The fourth-order valence-corrected chi connectivity index (χ4v) is 4.43. The number of hydrogen-bond donors (Lipinski definition) is 1. The molecular formula is C25H24N2O5S. The van der Waals surface area contributed by atoms with E-state index >= 15 is 0 Å². The van der Waals surface area contributed by atoms with Crippen molar-refractivity contribution >= 4 is 40.6 Å². The van der Waals surface area contributed by atoms with Crippen molar-refractivity contribution in [3.8, 4) is 17.2 Å². The number of anilines is 2. The summed E-state index contributed by atoms with van der Waals surface area (Å²) in [6.07, 6.45) is 3.89. The lowest BCUT2D eigenvalue weighted by Gasteiger charge is -2.17. The van der Waals surface area contributed by atoms with Gasteiger partial charge >= 0.3 is 0 Å².